The summed E-state index contributed by atoms with van der Waals surface area (Å²) in [5.74, 6) is 0.0800. The molecule has 1 unspecified atom stereocenters. The van der Waals surface area contributed by atoms with Crippen LogP contribution >= 0.6 is 11.3 Å². The first kappa shape index (κ1) is 14.5. The van der Waals surface area contributed by atoms with E-state index in [4.69, 9.17) is 5.73 Å². The lowest BCUT2D eigenvalue weighted by molar-refractivity contribution is -0.123. The third-order valence-electron chi connectivity index (χ3n) is 3.47. The lowest BCUT2D eigenvalue weighted by Gasteiger charge is -2.39. The van der Waals surface area contributed by atoms with Crippen molar-refractivity contribution in [2.45, 2.75) is 12.6 Å². The molecule has 0 spiro atoms. The van der Waals surface area contributed by atoms with Gasteiger partial charge in [0.05, 0.1) is 13.1 Å². The molecule has 0 saturated carbocycles. The van der Waals surface area contributed by atoms with E-state index in [1.54, 1.807) is 11.3 Å². The second-order valence-corrected chi connectivity index (χ2v) is 6.01. The molecule has 1 amide bonds. The summed E-state index contributed by atoms with van der Waals surface area (Å²) in [7, 11) is 2.09. The monoisotopic (exact) mass is 282 g/mol. The molecule has 3 N–H and O–H groups in total. The molecule has 2 rings (SSSR count). The van der Waals surface area contributed by atoms with E-state index >= 15 is 0 Å². The Morgan fingerprint density at radius 3 is 3.11 bits per heavy atom. The average molecular weight is 282 g/mol. The molecule has 0 aromatic carbocycles. The molecule has 1 atom stereocenters. The zero-order valence-corrected chi connectivity index (χ0v) is 12.2. The van der Waals surface area contributed by atoms with Crippen LogP contribution in [0.4, 0.5) is 0 Å². The van der Waals surface area contributed by atoms with Crippen molar-refractivity contribution in [3.05, 3.63) is 22.4 Å². The van der Waals surface area contributed by atoms with E-state index in [1.165, 1.54) is 4.88 Å². The molecule has 5 nitrogen and oxygen atoms in total. The third-order valence-corrected chi connectivity index (χ3v) is 4.34. The van der Waals surface area contributed by atoms with E-state index < -0.39 is 0 Å². The van der Waals surface area contributed by atoms with Crippen molar-refractivity contribution in [1.82, 2.24) is 15.1 Å². The Bertz CT molecular complexity index is 395. The van der Waals surface area contributed by atoms with Gasteiger partial charge in [-0.1, -0.05) is 6.07 Å². The quantitative estimate of drug-likeness (QED) is 0.794. The van der Waals surface area contributed by atoms with Crippen LogP contribution in [0.1, 0.15) is 4.88 Å². The molecule has 1 fully saturated rings. The number of likely N-dealkylation sites (N-methyl/N-ethyl adjacent to an activating group) is 1. The van der Waals surface area contributed by atoms with Gasteiger partial charge in [-0.25, -0.2) is 0 Å². The number of piperazine rings is 1. The van der Waals surface area contributed by atoms with E-state index in [0.29, 0.717) is 19.6 Å². The minimum atomic E-state index is 0.0800. The van der Waals surface area contributed by atoms with Gasteiger partial charge < -0.3 is 16.0 Å². The molecule has 0 bridgehead atoms. The highest BCUT2D eigenvalue weighted by atomic mass is 32.1. The van der Waals surface area contributed by atoms with Crippen molar-refractivity contribution in [3.63, 3.8) is 0 Å². The van der Waals surface area contributed by atoms with Crippen LogP contribution in [0.5, 0.6) is 0 Å². The second kappa shape index (κ2) is 7.00. The number of thiophene rings is 1. The summed E-state index contributed by atoms with van der Waals surface area (Å²) in [4.78, 5) is 17.6. The van der Waals surface area contributed by atoms with Gasteiger partial charge in [0.2, 0.25) is 5.91 Å². The zero-order valence-electron chi connectivity index (χ0n) is 11.3. The molecular weight excluding hydrogens is 260 g/mol. The van der Waals surface area contributed by atoms with Crippen LogP contribution < -0.4 is 11.1 Å². The van der Waals surface area contributed by atoms with Crippen LogP contribution in [-0.4, -0.2) is 61.5 Å². The molecule has 1 aromatic rings. The van der Waals surface area contributed by atoms with Crippen LogP contribution in [0.2, 0.25) is 0 Å². The van der Waals surface area contributed by atoms with Crippen molar-refractivity contribution in [3.8, 4) is 0 Å². The fraction of sp³-hybridized carbons (Fsp3) is 0.615. The van der Waals surface area contributed by atoms with Crippen LogP contribution in [-0.2, 0) is 11.3 Å². The molecule has 0 radical (unpaired) electrons. The topological polar surface area (TPSA) is 61.6 Å². The van der Waals surface area contributed by atoms with Gasteiger partial charge in [-0.3, -0.25) is 9.69 Å². The summed E-state index contributed by atoms with van der Waals surface area (Å²) in [5, 5.41) is 4.98. The maximum Gasteiger partial charge on any atom is 0.234 e. The number of carbonyl (C=O) groups is 1. The van der Waals surface area contributed by atoms with Gasteiger partial charge >= 0.3 is 0 Å². The summed E-state index contributed by atoms with van der Waals surface area (Å²) in [5.41, 5.74) is 5.78. The van der Waals surface area contributed by atoms with E-state index in [2.05, 4.69) is 22.2 Å². The van der Waals surface area contributed by atoms with Crippen molar-refractivity contribution in [2.24, 2.45) is 5.73 Å². The van der Waals surface area contributed by atoms with E-state index in [1.807, 2.05) is 17.5 Å². The maximum atomic E-state index is 11.9. The summed E-state index contributed by atoms with van der Waals surface area (Å²) < 4.78 is 0. The first-order valence-electron chi connectivity index (χ1n) is 6.61. The molecule has 1 aliphatic rings. The van der Waals surface area contributed by atoms with Gasteiger partial charge in [-0.05, 0) is 18.5 Å². The Morgan fingerprint density at radius 1 is 1.58 bits per heavy atom. The maximum absolute atomic E-state index is 11.9. The number of amides is 1. The standard InChI is InChI=1S/C13H22N4OS/c1-16-4-5-17(11(7-14)9-16)10-13(18)15-8-12-3-2-6-19-12/h2-3,6,11H,4-5,7-10,14H2,1H3,(H,15,18). The molecule has 106 valence electrons. The molecule has 1 aromatic heterocycles. The summed E-state index contributed by atoms with van der Waals surface area (Å²) in [6, 6.07) is 4.31. The molecule has 1 aliphatic heterocycles. The number of nitrogens with two attached hydrogens (primary N) is 1. The van der Waals surface area contributed by atoms with Crippen LogP contribution in [0.15, 0.2) is 17.5 Å². The smallest absolute Gasteiger partial charge is 0.234 e. The summed E-state index contributed by atoms with van der Waals surface area (Å²) in [6.07, 6.45) is 0. The highest BCUT2D eigenvalue weighted by molar-refractivity contribution is 7.09. The fourth-order valence-corrected chi connectivity index (χ4v) is 2.96. The van der Waals surface area contributed by atoms with Gasteiger partial charge in [-0.2, -0.15) is 0 Å². The first-order valence-corrected chi connectivity index (χ1v) is 7.48. The number of carbonyl (C=O) groups excluding carboxylic acids is 1. The molecule has 19 heavy (non-hydrogen) atoms. The highest BCUT2D eigenvalue weighted by Crippen LogP contribution is 2.09. The molecule has 6 heteroatoms. The predicted octanol–water partition coefficient (Wildman–Crippen LogP) is -0.0610. The van der Waals surface area contributed by atoms with Crippen molar-refractivity contribution < 1.29 is 4.79 Å². The van der Waals surface area contributed by atoms with E-state index in [9.17, 15) is 4.79 Å². The third kappa shape index (κ3) is 4.28. The van der Waals surface area contributed by atoms with Gasteiger partial charge in [0.15, 0.2) is 0 Å². The van der Waals surface area contributed by atoms with Gasteiger partial charge in [0.1, 0.15) is 0 Å². The van der Waals surface area contributed by atoms with E-state index in [0.717, 1.165) is 19.6 Å². The minimum Gasteiger partial charge on any atom is -0.350 e. The lowest BCUT2D eigenvalue weighted by Crippen LogP contribution is -2.56. The number of hydrogen-bond acceptors (Lipinski definition) is 5. The van der Waals surface area contributed by atoms with Crippen molar-refractivity contribution >= 4 is 17.2 Å². The van der Waals surface area contributed by atoms with E-state index in [-0.39, 0.29) is 11.9 Å². The summed E-state index contributed by atoms with van der Waals surface area (Å²) in [6.45, 7) is 4.51. The predicted molar refractivity (Wildman–Crippen MR) is 78.1 cm³/mol. The number of rotatable bonds is 5. The average Bonchev–Trinajstić information content (AvgIpc) is 2.91. The first-order chi connectivity index (χ1) is 9.19. The largest absolute Gasteiger partial charge is 0.350 e. The minimum absolute atomic E-state index is 0.0800. The summed E-state index contributed by atoms with van der Waals surface area (Å²) >= 11 is 1.66. The normalized spacial score (nSPS) is 21.5. The Hall–Kier alpha value is -0.950. The zero-order chi connectivity index (χ0) is 13.7. The molecule has 2 heterocycles. The Kier molecular flexibility index (Phi) is 5.33. The second-order valence-electron chi connectivity index (χ2n) is 4.98. The molecule has 0 aliphatic carbocycles. The van der Waals surface area contributed by atoms with Crippen molar-refractivity contribution in [2.75, 3.05) is 39.8 Å². The lowest BCUT2D eigenvalue weighted by atomic mass is 10.1. The number of nitrogens with zero attached hydrogens (tertiary/aromatic N) is 2. The van der Waals surface area contributed by atoms with Gasteiger partial charge in [0.25, 0.3) is 0 Å². The highest BCUT2D eigenvalue weighted by Gasteiger charge is 2.25. The molecular formula is C13H22N4OS. The Balaban J connectivity index is 1.77. The number of hydrogen-bond donors (Lipinski definition) is 2. The van der Waals surface area contributed by atoms with Crippen LogP contribution in [0.25, 0.3) is 0 Å². The van der Waals surface area contributed by atoms with Gasteiger partial charge in [-0.15, -0.1) is 11.3 Å². The van der Waals surface area contributed by atoms with Crippen molar-refractivity contribution in [1.29, 1.82) is 0 Å². The Morgan fingerprint density at radius 2 is 2.42 bits per heavy atom. The van der Waals surface area contributed by atoms with Crippen LogP contribution in [0.3, 0.4) is 0 Å². The number of nitrogens with one attached hydrogen (secondary N) is 1. The van der Waals surface area contributed by atoms with Gasteiger partial charge in [0, 0.05) is 37.1 Å². The SMILES string of the molecule is CN1CCN(CC(=O)NCc2cccs2)C(CN)C1. The Labute approximate surface area is 118 Å². The molecule has 1 saturated heterocycles. The van der Waals surface area contributed by atoms with Crippen LogP contribution in [0, 0.1) is 0 Å². The fourth-order valence-electron chi connectivity index (χ4n) is 2.32.